The molecule has 1 heterocycles. The molecule has 0 unspecified atom stereocenters. The number of ether oxygens (including phenoxy) is 2. The fraction of sp³-hybridized carbons (Fsp3) is 0.667. The number of fused-ring (bicyclic) bond motifs is 1. The summed E-state index contributed by atoms with van der Waals surface area (Å²) in [5.74, 6) is 1.23. The number of nitrogens with zero attached hydrogens (tertiary/aromatic N) is 1. The molecule has 0 saturated heterocycles. The molecule has 0 atom stereocenters. The smallest absolute Gasteiger partial charge is 0.240 e. The number of rotatable bonds is 9. The third kappa shape index (κ3) is 6.09. The van der Waals surface area contributed by atoms with Crippen LogP contribution >= 0.6 is 0 Å². The molecule has 1 N–H and O–H groups in total. The first-order valence-corrected chi connectivity index (χ1v) is 12.1. The van der Waals surface area contributed by atoms with Gasteiger partial charge in [-0.15, -0.1) is 0 Å². The predicted octanol–water partition coefficient (Wildman–Crippen LogP) is 3.09. The summed E-state index contributed by atoms with van der Waals surface area (Å²) in [5, 5.41) is 0. The zero-order chi connectivity index (χ0) is 20.7. The van der Waals surface area contributed by atoms with Crippen molar-refractivity contribution in [1.29, 1.82) is 0 Å². The zero-order valence-corrected chi connectivity index (χ0v) is 18.0. The van der Waals surface area contributed by atoms with Gasteiger partial charge in [-0.25, -0.2) is 13.1 Å². The summed E-state index contributed by atoms with van der Waals surface area (Å²) in [7, 11) is -1.67. The van der Waals surface area contributed by atoms with E-state index in [-0.39, 0.29) is 10.8 Å². The number of nitrogens with one attached hydrogen (secondary N) is 1. The lowest BCUT2D eigenvalue weighted by molar-refractivity contribution is -0.132. The molecule has 1 amide bonds. The van der Waals surface area contributed by atoms with Crippen molar-refractivity contribution in [1.82, 2.24) is 9.62 Å². The number of amides is 1. The Morgan fingerprint density at radius 2 is 1.79 bits per heavy atom. The van der Waals surface area contributed by atoms with Gasteiger partial charge in [0, 0.05) is 32.1 Å². The van der Waals surface area contributed by atoms with E-state index in [1.807, 2.05) is 11.9 Å². The van der Waals surface area contributed by atoms with Crippen LogP contribution in [0.2, 0.25) is 0 Å². The summed E-state index contributed by atoms with van der Waals surface area (Å²) in [4.78, 5) is 14.4. The second kappa shape index (κ2) is 10.3. The van der Waals surface area contributed by atoms with Crippen molar-refractivity contribution in [2.75, 3.05) is 26.8 Å². The van der Waals surface area contributed by atoms with E-state index < -0.39 is 10.0 Å². The van der Waals surface area contributed by atoms with E-state index in [0.29, 0.717) is 50.1 Å². The van der Waals surface area contributed by atoms with Gasteiger partial charge in [0.2, 0.25) is 15.9 Å². The Bertz CT molecular complexity index is 790. The molecule has 0 aromatic heterocycles. The van der Waals surface area contributed by atoms with Crippen molar-refractivity contribution in [3.05, 3.63) is 18.2 Å². The molecule has 0 spiro atoms. The number of sulfonamides is 1. The highest BCUT2D eigenvalue weighted by Gasteiger charge is 2.22. The molecule has 1 aromatic carbocycles. The fourth-order valence-electron chi connectivity index (χ4n) is 3.91. The Hall–Kier alpha value is -1.80. The average molecular weight is 425 g/mol. The second-order valence-corrected chi connectivity index (χ2v) is 9.58. The minimum atomic E-state index is -3.59. The third-order valence-electron chi connectivity index (χ3n) is 5.70. The first kappa shape index (κ1) is 21.9. The standard InChI is InChI=1S/C21H32N2O5S/c1-23(17-8-4-2-5-9-17)21(24)10-6-3-7-13-22-29(25,26)18-11-12-19-20(16-18)28-15-14-27-19/h11-12,16-17,22H,2-10,13-15H2,1H3. The predicted molar refractivity (Wildman–Crippen MR) is 111 cm³/mol. The van der Waals surface area contributed by atoms with Gasteiger partial charge in [0.25, 0.3) is 0 Å². The number of hydrogen-bond acceptors (Lipinski definition) is 5. The molecule has 1 fully saturated rings. The van der Waals surface area contributed by atoms with Crippen LogP contribution in [0.25, 0.3) is 0 Å². The summed E-state index contributed by atoms with van der Waals surface area (Å²) >= 11 is 0. The van der Waals surface area contributed by atoms with E-state index in [1.165, 1.54) is 31.4 Å². The Morgan fingerprint density at radius 3 is 2.55 bits per heavy atom. The Morgan fingerprint density at radius 1 is 1.07 bits per heavy atom. The number of hydrogen-bond donors (Lipinski definition) is 1. The maximum atomic E-state index is 12.5. The molecule has 1 aliphatic heterocycles. The largest absolute Gasteiger partial charge is 0.486 e. The van der Waals surface area contributed by atoms with Crippen molar-refractivity contribution < 1.29 is 22.7 Å². The first-order chi connectivity index (χ1) is 14.0. The molecule has 3 rings (SSSR count). The van der Waals surface area contributed by atoms with E-state index in [9.17, 15) is 13.2 Å². The number of benzene rings is 1. The Kier molecular flexibility index (Phi) is 7.77. The Labute approximate surface area is 173 Å². The van der Waals surface area contributed by atoms with E-state index in [2.05, 4.69) is 4.72 Å². The summed E-state index contributed by atoms with van der Waals surface area (Å²) < 4.78 is 38.4. The van der Waals surface area contributed by atoms with Crippen LogP contribution < -0.4 is 14.2 Å². The fourth-order valence-corrected chi connectivity index (χ4v) is 5.00. The average Bonchev–Trinajstić information content (AvgIpc) is 2.75. The Balaban J connectivity index is 1.36. The lowest BCUT2D eigenvalue weighted by Gasteiger charge is -2.31. The maximum absolute atomic E-state index is 12.5. The summed E-state index contributed by atoms with van der Waals surface area (Å²) in [6.45, 7) is 1.23. The van der Waals surface area contributed by atoms with Crippen LogP contribution in [-0.4, -0.2) is 52.1 Å². The van der Waals surface area contributed by atoms with Crippen molar-refractivity contribution >= 4 is 15.9 Å². The molecule has 1 aliphatic carbocycles. The van der Waals surface area contributed by atoms with Gasteiger partial charge in [-0.2, -0.15) is 0 Å². The molecule has 0 bridgehead atoms. The van der Waals surface area contributed by atoms with Crippen molar-refractivity contribution in [2.45, 2.75) is 68.7 Å². The molecular weight excluding hydrogens is 392 g/mol. The van der Waals surface area contributed by atoms with Gasteiger partial charge in [-0.1, -0.05) is 25.7 Å². The highest BCUT2D eigenvalue weighted by atomic mass is 32.2. The van der Waals surface area contributed by atoms with E-state index in [1.54, 1.807) is 6.07 Å². The number of carbonyl (C=O) groups is 1. The quantitative estimate of drug-likeness (QED) is 0.616. The van der Waals surface area contributed by atoms with Gasteiger partial charge in [0.1, 0.15) is 13.2 Å². The molecule has 1 saturated carbocycles. The second-order valence-electron chi connectivity index (χ2n) is 7.81. The van der Waals surface area contributed by atoms with Crippen LogP contribution in [-0.2, 0) is 14.8 Å². The first-order valence-electron chi connectivity index (χ1n) is 10.6. The monoisotopic (exact) mass is 424 g/mol. The normalized spacial score (nSPS) is 17.1. The molecule has 8 heteroatoms. The van der Waals surface area contributed by atoms with E-state index in [4.69, 9.17) is 9.47 Å². The third-order valence-corrected chi connectivity index (χ3v) is 7.16. The van der Waals surface area contributed by atoms with Gasteiger partial charge in [-0.3, -0.25) is 4.79 Å². The van der Waals surface area contributed by atoms with Gasteiger partial charge in [0.05, 0.1) is 4.90 Å². The lowest BCUT2D eigenvalue weighted by atomic mass is 9.94. The molecule has 2 aliphatic rings. The van der Waals surface area contributed by atoms with E-state index in [0.717, 1.165) is 25.7 Å². The molecule has 7 nitrogen and oxygen atoms in total. The highest BCUT2D eigenvalue weighted by Crippen LogP contribution is 2.32. The van der Waals surface area contributed by atoms with Gasteiger partial charge >= 0.3 is 0 Å². The lowest BCUT2D eigenvalue weighted by Crippen LogP contribution is -2.38. The highest BCUT2D eigenvalue weighted by molar-refractivity contribution is 7.89. The van der Waals surface area contributed by atoms with Crippen molar-refractivity contribution in [3.63, 3.8) is 0 Å². The van der Waals surface area contributed by atoms with Crippen LogP contribution in [0.5, 0.6) is 11.5 Å². The van der Waals surface area contributed by atoms with E-state index >= 15 is 0 Å². The summed E-state index contributed by atoms with van der Waals surface area (Å²) in [6.07, 6.45) is 8.76. The van der Waals surface area contributed by atoms with Crippen LogP contribution in [0, 0.1) is 0 Å². The van der Waals surface area contributed by atoms with Crippen LogP contribution in [0.3, 0.4) is 0 Å². The molecular formula is C21H32N2O5S. The molecule has 29 heavy (non-hydrogen) atoms. The SMILES string of the molecule is CN(C(=O)CCCCCNS(=O)(=O)c1ccc2c(c1)OCCO2)C1CCCCC1. The topological polar surface area (TPSA) is 84.9 Å². The van der Waals surface area contributed by atoms with Gasteiger partial charge in [0.15, 0.2) is 11.5 Å². The van der Waals surface area contributed by atoms with Crippen LogP contribution in [0.1, 0.15) is 57.8 Å². The molecule has 1 aromatic rings. The maximum Gasteiger partial charge on any atom is 0.240 e. The number of carbonyl (C=O) groups excluding carboxylic acids is 1. The van der Waals surface area contributed by atoms with Crippen molar-refractivity contribution in [3.8, 4) is 11.5 Å². The summed E-state index contributed by atoms with van der Waals surface area (Å²) in [5.41, 5.74) is 0. The van der Waals surface area contributed by atoms with Crippen molar-refractivity contribution in [2.24, 2.45) is 0 Å². The minimum absolute atomic E-state index is 0.172. The van der Waals surface area contributed by atoms with Gasteiger partial charge in [-0.05, 0) is 37.8 Å². The van der Waals surface area contributed by atoms with Crippen LogP contribution in [0.15, 0.2) is 23.1 Å². The molecule has 162 valence electrons. The molecule has 0 radical (unpaired) electrons. The van der Waals surface area contributed by atoms with Crippen LogP contribution in [0.4, 0.5) is 0 Å². The zero-order valence-electron chi connectivity index (χ0n) is 17.2. The minimum Gasteiger partial charge on any atom is -0.486 e. The van der Waals surface area contributed by atoms with Gasteiger partial charge < -0.3 is 14.4 Å². The summed E-state index contributed by atoms with van der Waals surface area (Å²) in [6, 6.07) is 5.04. The number of unbranched alkanes of at least 4 members (excludes halogenated alkanes) is 2.